The van der Waals surface area contributed by atoms with E-state index in [1.807, 2.05) is 6.92 Å². The van der Waals surface area contributed by atoms with Crippen LogP contribution in [0, 0.1) is 0 Å². The van der Waals surface area contributed by atoms with Gasteiger partial charge in [-0.1, -0.05) is 24.9 Å². The lowest BCUT2D eigenvalue weighted by Crippen LogP contribution is -2.22. The monoisotopic (exact) mass is 490 g/mol. The second-order valence-electron chi connectivity index (χ2n) is 7.17. The van der Waals surface area contributed by atoms with Gasteiger partial charge in [0.25, 0.3) is 5.91 Å². The first-order valence-electron chi connectivity index (χ1n) is 10.7. The van der Waals surface area contributed by atoms with Gasteiger partial charge in [0.05, 0.1) is 31.4 Å². The molecule has 34 heavy (non-hydrogen) atoms. The number of ether oxygens (including phenoxy) is 3. The van der Waals surface area contributed by atoms with E-state index in [9.17, 15) is 19.2 Å². The van der Waals surface area contributed by atoms with Gasteiger partial charge in [-0.3, -0.25) is 14.4 Å². The van der Waals surface area contributed by atoms with Gasteiger partial charge in [-0.15, -0.1) is 0 Å². The second kappa shape index (κ2) is 13.8. The van der Waals surface area contributed by atoms with Crippen LogP contribution in [0.25, 0.3) is 0 Å². The summed E-state index contributed by atoms with van der Waals surface area (Å²) in [6, 6.07) is 10.9. The fraction of sp³-hybridized carbons (Fsp3) is 0.333. The van der Waals surface area contributed by atoms with E-state index in [-0.39, 0.29) is 12.8 Å². The summed E-state index contributed by atoms with van der Waals surface area (Å²) in [4.78, 5) is 47.9. The Morgan fingerprint density at radius 2 is 1.65 bits per heavy atom. The summed E-state index contributed by atoms with van der Waals surface area (Å²) in [5.41, 5.74) is 1.18. The highest BCUT2D eigenvalue weighted by atomic mass is 35.5. The highest BCUT2D eigenvalue weighted by Crippen LogP contribution is 2.27. The van der Waals surface area contributed by atoms with Crippen molar-refractivity contribution in [3.05, 3.63) is 53.1 Å². The van der Waals surface area contributed by atoms with E-state index in [1.165, 1.54) is 25.3 Å². The minimum atomic E-state index is -0.700. The topological polar surface area (TPSA) is 120 Å². The molecule has 2 amide bonds. The molecule has 0 unspecified atom stereocenters. The number of rotatable bonds is 12. The minimum absolute atomic E-state index is 0.147. The average Bonchev–Trinajstić information content (AvgIpc) is 2.82. The highest BCUT2D eigenvalue weighted by Gasteiger charge is 2.13. The van der Waals surface area contributed by atoms with Crippen LogP contribution in [-0.4, -0.2) is 44.1 Å². The predicted molar refractivity (Wildman–Crippen MR) is 127 cm³/mol. The van der Waals surface area contributed by atoms with Crippen LogP contribution >= 0.6 is 11.6 Å². The fourth-order valence-corrected chi connectivity index (χ4v) is 2.88. The fourth-order valence-electron chi connectivity index (χ4n) is 2.70. The Labute approximate surface area is 202 Å². The van der Waals surface area contributed by atoms with Crippen molar-refractivity contribution in [2.24, 2.45) is 0 Å². The molecule has 0 aromatic heterocycles. The van der Waals surface area contributed by atoms with Gasteiger partial charge in [-0.25, -0.2) is 4.79 Å². The number of esters is 2. The molecular formula is C24H27ClN2O7. The molecule has 9 nitrogen and oxygen atoms in total. The Balaban J connectivity index is 1.71. The first-order chi connectivity index (χ1) is 16.3. The smallest absolute Gasteiger partial charge is 0.338 e. The zero-order chi connectivity index (χ0) is 24.9. The number of halogens is 1. The number of carbonyl (C=O) groups is 4. The van der Waals surface area contributed by atoms with Gasteiger partial charge in [-0.05, 0) is 48.9 Å². The first kappa shape index (κ1) is 26.7. The van der Waals surface area contributed by atoms with E-state index in [2.05, 4.69) is 10.6 Å². The van der Waals surface area contributed by atoms with Crippen LogP contribution in [0.3, 0.4) is 0 Å². The third-order valence-corrected chi connectivity index (χ3v) is 4.73. The van der Waals surface area contributed by atoms with E-state index < -0.39 is 30.4 Å². The Morgan fingerprint density at radius 3 is 2.32 bits per heavy atom. The van der Waals surface area contributed by atoms with Gasteiger partial charge < -0.3 is 24.8 Å². The van der Waals surface area contributed by atoms with E-state index >= 15 is 0 Å². The number of nitrogens with one attached hydrogen (secondary N) is 2. The molecule has 2 aromatic rings. The maximum Gasteiger partial charge on any atom is 0.338 e. The summed E-state index contributed by atoms with van der Waals surface area (Å²) < 4.78 is 15.2. The molecule has 2 aromatic carbocycles. The Kier molecular flexibility index (Phi) is 10.9. The zero-order valence-electron chi connectivity index (χ0n) is 19.0. The normalized spacial score (nSPS) is 10.2. The molecule has 0 spiro atoms. The van der Waals surface area contributed by atoms with Crippen molar-refractivity contribution >= 4 is 46.7 Å². The molecule has 0 saturated heterocycles. The predicted octanol–water partition coefficient (Wildman–Crippen LogP) is 4.21. The van der Waals surface area contributed by atoms with Crippen LogP contribution < -0.4 is 15.4 Å². The molecule has 0 atom stereocenters. The van der Waals surface area contributed by atoms with Gasteiger partial charge in [0.15, 0.2) is 6.61 Å². The van der Waals surface area contributed by atoms with Crippen molar-refractivity contribution in [1.82, 2.24) is 0 Å². The lowest BCUT2D eigenvalue weighted by molar-refractivity contribution is -0.147. The number of hydrogen-bond acceptors (Lipinski definition) is 7. The maximum absolute atomic E-state index is 12.1. The zero-order valence-corrected chi connectivity index (χ0v) is 19.8. The van der Waals surface area contributed by atoms with E-state index in [0.717, 1.165) is 12.8 Å². The summed E-state index contributed by atoms with van der Waals surface area (Å²) in [5, 5.41) is 5.59. The summed E-state index contributed by atoms with van der Waals surface area (Å²) in [6.45, 7) is 1.85. The third kappa shape index (κ3) is 9.11. The summed E-state index contributed by atoms with van der Waals surface area (Å²) in [7, 11) is 1.46. The Bertz CT molecular complexity index is 1010. The quantitative estimate of drug-likeness (QED) is 0.338. The molecule has 2 N–H and O–H groups in total. The van der Waals surface area contributed by atoms with Gasteiger partial charge in [0, 0.05) is 17.1 Å². The number of methoxy groups -OCH3 is 1. The largest absolute Gasteiger partial charge is 0.495 e. The molecule has 10 heteroatoms. The molecule has 2 rings (SSSR count). The highest BCUT2D eigenvalue weighted by molar-refractivity contribution is 6.31. The van der Waals surface area contributed by atoms with Crippen LogP contribution in [0.5, 0.6) is 5.75 Å². The standard InChI is InChI=1S/C24H27ClN2O7/c1-3-4-13-33-24(31)16-5-8-18(9-6-16)26-22(29)15-34-23(30)12-11-21(28)27-19-14-17(25)7-10-20(19)32-2/h5-10,14H,3-4,11-13,15H2,1-2H3,(H,26,29)(H,27,28). The van der Waals surface area contributed by atoms with E-state index in [0.29, 0.717) is 34.3 Å². The molecule has 0 radical (unpaired) electrons. The van der Waals surface area contributed by atoms with E-state index in [4.69, 9.17) is 25.8 Å². The number of amides is 2. The van der Waals surface area contributed by atoms with Crippen LogP contribution in [0.4, 0.5) is 11.4 Å². The number of carbonyl (C=O) groups excluding carboxylic acids is 4. The number of unbranched alkanes of at least 4 members (excludes halogenated alkanes) is 1. The molecule has 0 aliphatic rings. The number of anilines is 2. The van der Waals surface area contributed by atoms with Crippen LogP contribution in [0.2, 0.25) is 5.02 Å². The van der Waals surface area contributed by atoms with Crippen molar-refractivity contribution < 1.29 is 33.4 Å². The maximum atomic E-state index is 12.1. The SMILES string of the molecule is CCCCOC(=O)c1ccc(NC(=O)COC(=O)CCC(=O)Nc2cc(Cl)ccc2OC)cc1. The van der Waals surface area contributed by atoms with Crippen molar-refractivity contribution in [3.8, 4) is 5.75 Å². The second-order valence-corrected chi connectivity index (χ2v) is 7.60. The van der Waals surface area contributed by atoms with Crippen molar-refractivity contribution in [2.45, 2.75) is 32.6 Å². The van der Waals surface area contributed by atoms with Gasteiger partial charge in [0.2, 0.25) is 5.91 Å². The van der Waals surface area contributed by atoms with Crippen molar-refractivity contribution in [2.75, 3.05) is 31.0 Å². The van der Waals surface area contributed by atoms with E-state index in [1.54, 1.807) is 24.3 Å². The number of hydrogen-bond donors (Lipinski definition) is 2. The molecule has 182 valence electrons. The van der Waals surface area contributed by atoms with Gasteiger partial charge in [-0.2, -0.15) is 0 Å². The first-order valence-corrected chi connectivity index (χ1v) is 11.1. The van der Waals surface area contributed by atoms with Crippen LogP contribution in [0.15, 0.2) is 42.5 Å². The molecule has 0 bridgehead atoms. The molecule has 0 saturated carbocycles. The summed E-state index contributed by atoms with van der Waals surface area (Å²) in [6.07, 6.45) is 1.36. The lowest BCUT2D eigenvalue weighted by Gasteiger charge is -2.10. The van der Waals surface area contributed by atoms with Crippen molar-refractivity contribution in [3.63, 3.8) is 0 Å². The molecule has 0 heterocycles. The van der Waals surface area contributed by atoms with Crippen LogP contribution in [0.1, 0.15) is 43.0 Å². The lowest BCUT2D eigenvalue weighted by atomic mass is 10.2. The Morgan fingerprint density at radius 1 is 0.912 bits per heavy atom. The molecule has 0 aliphatic carbocycles. The van der Waals surface area contributed by atoms with Gasteiger partial charge >= 0.3 is 11.9 Å². The third-order valence-electron chi connectivity index (χ3n) is 4.49. The molecular weight excluding hydrogens is 464 g/mol. The number of benzene rings is 2. The van der Waals surface area contributed by atoms with Crippen LogP contribution in [-0.2, 0) is 23.9 Å². The molecule has 0 fully saturated rings. The summed E-state index contributed by atoms with van der Waals surface area (Å²) in [5.74, 6) is -1.69. The van der Waals surface area contributed by atoms with Crippen molar-refractivity contribution in [1.29, 1.82) is 0 Å². The Hall–Kier alpha value is -3.59. The average molecular weight is 491 g/mol. The molecule has 0 aliphatic heterocycles. The summed E-state index contributed by atoms with van der Waals surface area (Å²) >= 11 is 5.92. The van der Waals surface area contributed by atoms with Gasteiger partial charge in [0.1, 0.15) is 5.75 Å². The minimum Gasteiger partial charge on any atom is -0.495 e.